The fraction of sp³-hybridized carbons (Fsp3) is 0.522. The molecule has 6 rings (SSSR count). The number of rotatable bonds is 6. The Balaban J connectivity index is 1.26. The van der Waals surface area contributed by atoms with E-state index in [1.807, 2.05) is 17.5 Å². The van der Waals surface area contributed by atoms with Crippen LogP contribution in [-0.4, -0.2) is 18.0 Å². The summed E-state index contributed by atoms with van der Waals surface area (Å²) >= 11 is 1.61. The van der Waals surface area contributed by atoms with Gasteiger partial charge in [0.1, 0.15) is 5.82 Å². The highest BCUT2D eigenvalue weighted by Crippen LogP contribution is 2.55. The number of benzene rings is 1. The fourth-order valence-electron chi connectivity index (χ4n) is 6.24. The van der Waals surface area contributed by atoms with Crippen LogP contribution in [0.5, 0.6) is 0 Å². The summed E-state index contributed by atoms with van der Waals surface area (Å²) in [4.78, 5) is 13.9. The molecule has 3 nitrogen and oxygen atoms in total. The van der Waals surface area contributed by atoms with Crippen molar-refractivity contribution in [3.8, 4) is 0 Å². The molecule has 2 N–H and O–H groups in total. The minimum atomic E-state index is -0.261. The summed E-state index contributed by atoms with van der Waals surface area (Å²) in [6.45, 7) is 0.356. The number of thiophene rings is 1. The molecule has 0 aliphatic heterocycles. The van der Waals surface area contributed by atoms with Crippen molar-refractivity contribution in [3.05, 3.63) is 58.0 Å². The molecule has 4 saturated carbocycles. The second-order valence-corrected chi connectivity index (χ2v) is 10.1. The number of carbonyl (C=O) groups is 1. The summed E-state index contributed by atoms with van der Waals surface area (Å²) < 4.78 is 13.3. The average Bonchev–Trinajstić information content (AvgIpc) is 3.19. The number of hydrogen-bond acceptors (Lipinski definition) is 3. The molecule has 5 heteroatoms. The normalized spacial score (nSPS) is 31.7. The first-order valence-corrected chi connectivity index (χ1v) is 11.3. The third kappa shape index (κ3) is 3.62. The summed E-state index contributed by atoms with van der Waals surface area (Å²) in [5, 5.41) is 8.85. The molecule has 4 aliphatic carbocycles. The van der Waals surface area contributed by atoms with Gasteiger partial charge < -0.3 is 10.6 Å². The van der Waals surface area contributed by atoms with Crippen LogP contribution in [0.3, 0.4) is 0 Å². The maximum atomic E-state index is 13.3. The molecule has 0 saturated heterocycles. The van der Waals surface area contributed by atoms with Crippen molar-refractivity contribution < 1.29 is 9.18 Å². The van der Waals surface area contributed by atoms with Crippen LogP contribution >= 0.6 is 11.3 Å². The first-order valence-electron chi connectivity index (χ1n) is 10.4. The smallest absolute Gasteiger partial charge is 0.234 e. The van der Waals surface area contributed by atoms with Gasteiger partial charge in [0.05, 0.1) is 12.6 Å². The highest BCUT2D eigenvalue weighted by Gasteiger charge is 2.50. The predicted octanol–water partition coefficient (Wildman–Crippen LogP) is 4.65. The lowest BCUT2D eigenvalue weighted by Gasteiger charge is -2.57. The van der Waals surface area contributed by atoms with Gasteiger partial charge in [-0.2, -0.15) is 0 Å². The van der Waals surface area contributed by atoms with Gasteiger partial charge >= 0.3 is 0 Å². The first-order chi connectivity index (χ1) is 13.6. The number of nitrogens with one attached hydrogen (secondary N) is 2. The Morgan fingerprint density at radius 1 is 1.07 bits per heavy atom. The highest BCUT2D eigenvalue weighted by atomic mass is 32.1. The van der Waals surface area contributed by atoms with Crippen LogP contribution in [-0.2, 0) is 4.79 Å². The van der Waals surface area contributed by atoms with E-state index in [0.29, 0.717) is 6.54 Å². The molecular weight excluding hydrogens is 371 g/mol. The standard InChI is InChI=1S/C23H27FN2OS/c24-19-5-3-18(4-6-19)22(20-2-1-7-28-20)26-21(27)14-25-23-11-15-8-16(12-23)10-17(9-15)13-23/h1-7,15-17,22,25H,8-14H2,(H,26,27)/t15?,16?,17?,22-,23?/m1/s1. The Morgan fingerprint density at radius 2 is 1.71 bits per heavy atom. The van der Waals surface area contributed by atoms with E-state index >= 15 is 0 Å². The Bertz CT molecular complexity index is 798. The van der Waals surface area contributed by atoms with Gasteiger partial charge in [0, 0.05) is 10.4 Å². The largest absolute Gasteiger partial charge is 0.343 e. The maximum Gasteiger partial charge on any atom is 0.234 e. The van der Waals surface area contributed by atoms with Crippen LogP contribution in [0.1, 0.15) is 55.0 Å². The number of amides is 1. The molecule has 1 heterocycles. The Kier molecular flexibility index (Phi) is 4.76. The van der Waals surface area contributed by atoms with E-state index in [1.54, 1.807) is 23.5 Å². The Hall–Kier alpha value is -1.72. The van der Waals surface area contributed by atoms with Gasteiger partial charge in [-0.15, -0.1) is 11.3 Å². The van der Waals surface area contributed by atoms with Gasteiger partial charge in [0.2, 0.25) is 5.91 Å². The van der Waals surface area contributed by atoms with Crippen molar-refractivity contribution in [3.63, 3.8) is 0 Å². The molecule has 1 atom stereocenters. The van der Waals surface area contributed by atoms with Gasteiger partial charge in [-0.3, -0.25) is 4.79 Å². The minimum Gasteiger partial charge on any atom is -0.343 e. The molecule has 0 radical (unpaired) electrons. The zero-order valence-electron chi connectivity index (χ0n) is 16.0. The van der Waals surface area contributed by atoms with Crippen LogP contribution in [0, 0.1) is 23.6 Å². The summed E-state index contributed by atoms with van der Waals surface area (Å²) in [6, 6.07) is 10.2. The SMILES string of the molecule is O=C(CNC12CC3CC(CC(C3)C1)C2)N[C@H](c1ccc(F)cc1)c1cccs1. The Labute approximate surface area is 169 Å². The zero-order chi connectivity index (χ0) is 19.1. The van der Waals surface area contributed by atoms with E-state index in [2.05, 4.69) is 10.6 Å². The number of hydrogen-bond donors (Lipinski definition) is 2. The second-order valence-electron chi connectivity index (χ2n) is 9.12. The fourth-order valence-corrected chi connectivity index (χ4v) is 7.04. The van der Waals surface area contributed by atoms with E-state index in [4.69, 9.17) is 0 Å². The quantitative estimate of drug-likeness (QED) is 0.744. The van der Waals surface area contributed by atoms with Crippen LogP contribution in [0.2, 0.25) is 0 Å². The lowest BCUT2D eigenvalue weighted by molar-refractivity contribution is -0.122. The van der Waals surface area contributed by atoms with Gasteiger partial charge in [0.15, 0.2) is 0 Å². The average molecular weight is 399 g/mol. The van der Waals surface area contributed by atoms with Crippen molar-refractivity contribution in [2.75, 3.05) is 6.54 Å². The van der Waals surface area contributed by atoms with Crippen molar-refractivity contribution in [2.24, 2.45) is 17.8 Å². The maximum absolute atomic E-state index is 13.3. The van der Waals surface area contributed by atoms with Gasteiger partial charge in [0.25, 0.3) is 0 Å². The van der Waals surface area contributed by atoms with E-state index in [9.17, 15) is 9.18 Å². The molecule has 28 heavy (non-hydrogen) atoms. The molecule has 4 fully saturated rings. The monoisotopic (exact) mass is 398 g/mol. The van der Waals surface area contributed by atoms with Gasteiger partial charge in [-0.05, 0) is 85.4 Å². The van der Waals surface area contributed by atoms with Crippen LogP contribution < -0.4 is 10.6 Å². The molecule has 2 aromatic rings. The van der Waals surface area contributed by atoms with E-state index in [-0.39, 0.29) is 23.3 Å². The van der Waals surface area contributed by atoms with E-state index in [1.165, 1.54) is 50.7 Å². The van der Waals surface area contributed by atoms with Gasteiger partial charge in [-0.1, -0.05) is 18.2 Å². The predicted molar refractivity (Wildman–Crippen MR) is 110 cm³/mol. The number of halogens is 1. The molecule has 1 amide bonds. The van der Waals surface area contributed by atoms with Crippen molar-refractivity contribution in [1.29, 1.82) is 0 Å². The minimum absolute atomic E-state index is 0.0125. The van der Waals surface area contributed by atoms with E-state index < -0.39 is 0 Å². The van der Waals surface area contributed by atoms with Crippen molar-refractivity contribution in [1.82, 2.24) is 10.6 Å². The molecule has 0 spiro atoms. The molecule has 4 aliphatic rings. The summed E-state index contributed by atoms with van der Waals surface area (Å²) in [7, 11) is 0. The van der Waals surface area contributed by atoms with E-state index in [0.717, 1.165) is 28.2 Å². The van der Waals surface area contributed by atoms with Crippen molar-refractivity contribution >= 4 is 17.2 Å². The molecular formula is C23H27FN2OS. The number of carbonyl (C=O) groups excluding carboxylic acids is 1. The third-order valence-electron chi connectivity index (χ3n) is 7.00. The van der Waals surface area contributed by atoms with Crippen molar-refractivity contribution in [2.45, 2.75) is 50.1 Å². The zero-order valence-corrected chi connectivity index (χ0v) is 16.8. The lowest BCUT2D eigenvalue weighted by Crippen LogP contribution is -2.59. The van der Waals surface area contributed by atoms with Crippen LogP contribution in [0.15, 0.2) is 41.8 Å². The van der Waals surface area contributed by atoms with Gasteiger partial charge in [-0.25, -0.2) is 4.39 Å². The van der Waals surface area contributed by atoms with Crippen LogP contribution in [0.4, 0.5) is 4.39 Å². The molecule has 4 bridgehead atoms. The molecule has 0 unspecified atom stereocenters. The third-order valence-corrected chi connectivity index (χ3v) is 7.94. The lowest BCUT2D eigenvalue weighted by atomic mass is 9.53. The summed E-state index contributed by atoms with van der Waals surface area (Å²) in [6.07, 6.45) is 7.91. The first kappa shape index (κ1) is 18.3. The molecule has 1 aromatic carbocycles. The highest BCUT2D eigenvalue weighted by molar-refractivity contribution is 7.10. The Morgan fingerprint density at radius 3 is 2.29 bits per heavy atom. The summed E-state index contributed by atoms with van der Waals surface area (Å²) in [5.41, 5.74) is 1.09. The van der Waals surface area contributed by atoms with Crippen LogP contribution in [0.25, 0.3) is 0 Å². The summed E-state index contributed by atoms with van der Waals surface area (Å²) in [5.74, 6) is 2.33. The second kappa shape index (κ2) is 7.27. The molecule has 148 valence electrons. The topological polar surface area (TPSA) is 41.1 Å². The molecule has 1 aromatic heterocycles.